The predicted octanol–water partition coefficient (Wildman–Crippen LogP) is 4.00. The number of hydrogen-bond donors (Lipinski definition) is 0. The highest BCUT2D eigenvalue weighted by molar-refractivity contribution is 5.97. The Kier molecular flexibility index (Phi) is 3.65. The molecule has 19 heavy (non-hydrogen) atoms. The van der Waals surface area contributed by atoms with Gasteiger partial charge in [0.2, 0.25) is 5.88 Å². The van der Waals surface area contributed by atoms with Crippen LogP contribution in [0.1, 0.15) is 34.0 Å². The van der Waals surface area contributed by atoms with Gasteiger partial charge in [0.1, 0.15) is 5.75 Å². The molecule has 0 amide bonds. The number of rotatable bonds is 3. The zero-order valence-electron chi connectivity index (χ0n) is 11.7. The van der Waals surface area contributed by atoms with Crippen molar-refractivity contribution >= 4 is 5.78 Å². The number of nitrogens with zero attached hydrogens (tertiary/aromatic N) is 1. The fraction of sp³-hybridized carbons (Fsp3) is 0.250. The predicted molar refractivity (Wildman–Crippen MR) is 75.0 cm³/mol. The highest BCUT2D eigenvalue weighted by Crippen LogP contribution is 2.25. The van der Waals surface area contributed by atoms with Crippen molar-refractivity contribution < 1.29 is 9.53 Å². The summed E-state index contributed by atoms with van der Waals surface area (Å²) in [7, 11) is 0. The van der Waals surface area contributed by atoms with Crippen LogP contribution < -0.4 is 4.74 Å². The van der Waals surface area contributed by atoms with Gasteiger partial charge in [-0.05, 0) is 56.5 Å². The van der Waals surface area contributed by atoms with E-state index in [1.54, 1.807) is 13.1 Å². The molecule has 3 heteroatoms. The van der Waals surface area contributed by atoms with Crippen molar-refractivity contribution in [1.29, 1.82) is 0 Å². The number of benzene rings is 1. The maximum atomic E-state index is 11.5. The lowest BCUT2D eigenvalue weighted by molar-refractivity contribution is 0.101. The second-order valence-electron chi connectivity index (χ2n) is 4.76. The van der Waals surface area contributed by atoms with Crippen LogP contribution in [0.5, 0.6) is 11.6 Å². The van der Waals surface area contributed by atoms with Crippen molar-refractivity contribution in [2.45, 2.75) is 27.7 Å². The molecule has 0 unspecified atom stereocenters. The lowest BCUT2D eigenvalue weighted by Gasteiger charge is -2.11. The fourth-order valence-electron chi connectivity index (χ4n) is 2.17. The van der Waals surface area contributed by atoms with E-state index >= 15 is 0 Å². The van der Waals surface area contributed by atoms with Crippen molar-refractivity contribution in [3.8, 4) is 11.6 Å². The first-order valence-electron chi connectivity index (χ1n) is 6.20. The summed E-state index contributed by atoms with van der Waals surface area (Å²) in [6.07, 6.45) is 1.76. The van der Waals surface area contributed by atoms with Crippen LogP contribution in [0, 0.1) is 20.8 Å². The molecular weight excluding hydrogens is 238 g/mol. The first-order valence-corrected chi connectivity index (χ1v) is 6.20. The maximum Gasteiger partial charge on any atom is 0.219 e. The van der Waals surface area contributed by atoms with Gasteiger partial charge in [0.15, 0.2) is 5.78 Å². The Morgan fingerprint density at radius 2 is 1.74 bits per heavy atom. The third-order valence-corrected chi connectivity index (χ3v) is 2.96. The van der Waals surface area contributed by atoms with Gasteiger partial charge in [0, 0.05) is 17.8 Å². The number of pyridine rings is 1. The minimum Gasteiger partial charge on any atom is -0.439 e. The Bertz CT molecular complexity index is 592. The van der Waals surface area contributed by atoms with Crippen LogP contribution in [-0.2, 0) is 0 Å². The fourth-order valence-corrected chi connectivity index (χ4v) is 2.17. The van der Waals surface area contributed by atoms with E-state index in [-0.39, 0.29) is 5.78 Å². The summed E-state index contributed by atoms with van der Waals surface area (Å²) < 4.78 is 5.71. The zero-order valence-corrected chi connectivity index (χ0v) is 11.7. The highest BCUT2D eigenvalue weighted by atomic mass is 16.5. The quantitative estimate of drug-likeness (QED) is 0.778. The number of ether oxygens (including phenoxy) is 1. The molecule has 2 rings (SSSR count). The van der Waals surface area contributed by atoms with Crippen LogP contribution in [0.3, 0.4) is 0 Å². The summed E-state index contributed by atoms with van der Waals surface area (Å²) in [5, 5.41) is 0. The van der Waals surface area contributed by atoms with Crippen LogP contribution in [0.4, 0.5) is 0 Å². The standard InChI is InChI=1S/C16H17NO2/c1-10-5-6-15(17-9-10)19-14-7-11(2)16(13(4)18)12(3)8-14/h5-9H,1-4H3. The third-order valence-electron chi connectivity index (χ3n) is 2.96. The van der Waals surface area contributed by atoms with Gasteiger partial charge in [-0.25, -0.2) is 4.98 Å². The minimum atomic E-state index is 0.0787. The van der Waals surface area contributed by atoms with E-state index in [1.807, 2.05) is 45.0 Å². The van der Waals surface area contributed by atoms with E-state index in [2.05, 4.69) is 4.98 Å². The number of Topliss-reactive ketones (excluding diaryl/α,β-unsaturated/α-hetero) is 1. The summed E-state index contributed by atoms with van der Waals surface area (Å²) >= 11 is 0. The summed E-state index contributed by atoms with van der Waals surface area (Å²) in [5.41, 5.74) is 3.71. The maximum absolute atomic E-state index is 11.5. The van der Waals surface area contributed by atoms with Crippen molar-refractivity contribution in [2.75, 3.05) is 0 Å². The van der Waals surface area contributed by atoms with E-state index in [9.17, 15) is 4.79 Å². The van der Waals surface area contributed by atoms with Crippen LogP contribution in [0.2, 0.25) is 0 Å². The molecular formula is C16H17NO2. The number of carbonyl (C=O) groups is 1. The highest BCUT2D eigenvalue weighted by Gasteiger charge is 2.10. The lowest BCUT2D eigenvalue weighted by Crippen LogP contribution is -2.00. The Morgan fingerprint density at radius 3 is 2.21 bits per heavy atom. The molecule has 0 saturated heterocycles. The average Bonchev–Trinajstić information content (AvgIpc) is 2.30. The van der Waals surface area contributed by atoms with Gasteiger partial charge in [-0.2, -0.15) is 0 Å². The smallest absolute Gasteiger partial charge is 0.219 e. The number of aromatic nitrogens is 1. The SMILES string of the molecule is CC(=O)c1c(C)cc(Oc2ccc(C)cn2)cc1C. The van der Waals surface area contributed by atoms with Gasteiger partial charge in [0.05, 0.1) is 0 Å². The molecule has 0 spiro atoms. The van der Waals surface area contributed by atoms with Gasteiger partial charge in [0.25, 0.3) is 0 Å². The first-order chi connectivity index (χ1) is 8.97. The second kappa shape index (κ2) is 5.22. The topological polar surface area (TPSA) is 39.2 Å². The number of ketones is 1. The molecule has 0 aliphatic rings. The summed E-state index contributed by atoms with van der Waals surface area (Å²) in [6.45, 7) is 7.39. The van der Waals surface area contributed by atoms with Crippen LogP contribution in [-0.4, -0.2) is 10.8 Å². The van der Waals surface area contributed by atoms with Gasteiger partial charge in [-0.15, -0.1) is 0 Å². The van der Waals surface area contributed by atoms with Gasteiger partial charge >= 0.3 is 0 Å². The van der Waals surface area contributed by atoms with Gasteiger partial charge < -0.3 is 4.74 Å². The normalized spacial score (nSPS) is 10.3. The van der Waals surface area contributed by atoms with E-state index in [0.717, 1.165) is 22.3 Å². The van der Waals surface area contributed by atoms with Crippen molar-refractivity contribution in [1.82, 2.24) is 4.98 Å². The van der Waals surface area contributed by atoms with Crippen LogP contribution in [0.15, 0.2) is 30.5 Å². The van der Waals surface area contributed by atoms with Gasteiger partial charge in [-0.1, -0.05) is 6.07 Å². The molecule has 1 heterocycles. The molecule has 0 N–H and O–H groups in total. The summed E-state index contributed by atoms with van der Waals surface area (Å²) in [4.78, 5) is 15.7. The van der Waals surface area contributed by atoms with E-state index in [1.165, 1.54) is 0 Å². The van der Waals surface area contributed by atoms with Gasteiger partial charge in [-0.3, -0.25) is 4.79 Å². The zero-order chi connectivity index (χ0) is 14.0. The Labute approximate surface area is 113 Å². The monoisotopic (exact) mass is 255 g/mol. The Morgan fingerprint density at radius 1 is 1.11 bits per heavy atom. The molecule has 1 aromatic carbocycles. The summed E-state index contributed by atoms with van der Waals surface area (Å²) in [5.74, 6) is 1.34. The summed E-state index contributed by atoms with van der Waals surface area (Å²) in [6, 6.07) is 7.52. The molecule has 3 nitrogen and oxygen atoms in total. The first kappa shape index (κ1) is 13.3. The van der Waals surface area contributed by atoms with E-state index < -0.39 is 0 Å². The largest absolute Gasteiger partial charge is 0.439 e. The molecule has 0 fully saturated rings. The average molecular weight is 255 g/mol. The molecule has 0 saturated carbocycles. The second-order valence-corrected chi connectivity index (χ2v) is 4.76. The molecule has 0 aliphatic heterocycles. The molecule has 98 valence electrons. The van der Waals surface area contributed by atoms with E-state index in [4.69, 9.17) is 4.74 Å². The van der Waals surface area contributed by atoms with Crippen molar-refractivity contribution in [2.24, 2.45) is 0 Å². The number of carbonyl (C=O) groups excluding carboxylic acids is 1. The molecule has 2 aromatic rings. The molecule has 1 aromatic heterocycles. The number of hydrogen-bond acceptors (Lipinski definition) is 3. The minimum absolute atomic E-state index is 0.0787. The van der Waals surface area contributed by atoms with Crippen molar-refractivity contribution in [3.63, 3.8) is 0 Å². The molecule has 0 radical (unpaired) electrons. The molecule has 0 aliphatic carbocycles. The Hall–Kier alpha value is -2.16. The molecule has 0 bridgehead atoms. The third kappa shape index (κ3) is 2.99. The van der Waals surface area contributed by atoms with E-state index in [0.29, 0.717) is 11.6 Å². The van der Waals surface area contributed by atoms with Crippen molar-refractivity contribution in [3.05, 3.63) is 52.7 Å². The lowest BCUT2D eigenvalue weighted by atomic mass is 9.99. The Balaban J connectivity index is 2.32. The number of aryl methyl sites for hydroxylation is 3. The molecule has 0 atom stereocenters. The van der Waals surface area contributed by atoms with Crippen LogP contribution >= 0.6 is 0 Å². The van der Waals surface area contributed by atoms with Crippen LogP contribution in [0.25, 0.3) is 0 Å².